The van der Waals surface area contributed by atoms with Gasteiger partial charge < -0.3 is 14.2 Å². The molecular formula is C25H31BrN2O3S. The fourth-order valence-corrected chi connectivity index (χ4v) is 3.70. The van der Waals surface area contributed by atoms with Crippen molar-refractivity contribution in [2.75, 3.05) is 0 Å². The summed E-state index contributed by atoms with van der Waals surface area (Å²) in [6.07, 6.45) is 1.61. The van der Waals surface area contributed by atoms with Crippen LogP contribution in [-0.2, 0) is 29.3 Å². The Morgan fingerprint density at radius 3 is 2.38 bits per heavy atom. The van der Waals surface area contributed by atoms with E-state index in [0.29, 0.717) is 18.7 Å². The molecule has 7 heteroatoms. The highest BCUT2D eigenvalue weighted by atomic mass is 79.9. The molecular weight excluding hydrogens is 488 g/mol. The van der Waals surface area contributed by atoms with E-state index in [1.807, 2.05) is 82.3 Å². The number of amides is 1. The minimum Gasteiger partial charge on any atom is -0.591 e. The van der Waals surface area contributed by atoms with Crippen molar-refractivity contribution in [3.05, 3.63) is 82.9 Å². The highest BCUT2D eigenvalue weighted by Crippen LogP contribution is 2.20. The Bertz CT molecular complexity index is 911. The lowest BCUT2D eigenvalue weighted by molar-refractivity contribution is 0.0811. The second kappa shape index (κ2) is 12.2. The molecule has 0 radical (unpaired) electrons. The summed E-state index contributed by atoms with van der Waals surface area (Å²) in [4.78, 5) is 14.7. The number of carbonyl (C=O) groups excluding carboxylic acids is 1. The van der Waals surface area contributed by atoms with E-state index in [9.17, 15) is 9.35 Å². The van der Waals surface area contributed by atoms with E-state index in [1.165, 1.54) is 0 Å². The Labute approximate surface area is 203 Å². The second-order valence-corrected chi connectivity index (χ2v) is 11.3. The lowest BCUT2D eigenvalue weighted by Gasteiger charge is -2.29. The Balaban J connectivity index is 2.19. The predicted molar refractivity (Wildman–Crippen MR) is 136 cm³/mol. The van der Waals surface area contributed by atoms with Gasteiger partial charge in [0.2, 0.25) is 0 Å². The van der Waals surface area contributed by atoms with Crippen molar-refractivity contribution >= 4 is 39.1 Å². The van der Waals surface area contributed by atoms with Gasteiger partial charge in [-0.3, -0.25) is 0 Å². The van der Waals surface area contributed by atoms with Gasteiger partial charge in [0, 0.05) is 23.5 Å². The zero-order chi connectivity index (χ0) is 23.7. The number of halogens is 1. The molecule has 32 heavy (non-hydrogen) atoms. The number of ether oxygens (including phenoxy) is 1. The average molecular weight is 520 g/mol. The first-order chi connectivity index (χ1) is 15.1. The summed E-state index contributed by atoms with van der Waals surface area (Å²) in [6, 6.07) is 17.1. The molecule has 2 unspecified atom stereocenters. The summed E-state index contributed by atoms with van der Waals surface area (Å²) < 4.78 is 22.9. The van der Waals surface area contributed by atoms with Crippen molar-refractivity contribution in [2.45, 2.75) is 58.1 Å². The molecule has 0 bridgehead atoms. The van der Waals surface area contributed by atoms with Crippen molar-refractivity contribution in [2.24, 2.45) is 4.40 Å². The smallest absolute Gasteiger partial charge is 0.410 e. The summed E-state index contributed by atoms with van der Waals surface area (Å²) in [5.41, 5.74) is 2.50. The van der Waals surface area contributed by atoms with E-state index in [0.717, 1.165) is 15.6 Å². The number of carbonyl (C=O) groups is 1. The van der Waals surface area contributed by atoms with Crippen LogP contribution in [0.1, 0.15) is 45.2 Å². The molecule has 2 atom stereocenters. The van der Waals surface area contributed by atoms with Crippen LogP contribution in [0.25, 0.3) is 0 Å². The normalized spacial score (nSPS) is 13.9. The topological polar surface area (TPSA) is 65.0 Å². The van der Waals surface area contributed by atoms with Gasteiger partial charge in [-0.1, -0.05) is 69.4 Å². The third-order valence-corrected chi connectivity index (χ3v) is 6.68. The standard InChI is InChI=1S/C25H31BrN2O3S/c1-6-23(27-32(30)25(3,4)5)16-19(2)28(17-20-12-14-22(26)15-13-20)24(29)31-18-21-10-8-7-9-11-21/h6-15,19H,1,16-18H2,2-5H3/b27-23-. The summed E-state index contributed by atoms with van der Waals surface area (Å²) in [6.45, 7) is 11.9. The van der Waals surface area contributed by atoms with Gasteiger partial charge in [-0.05, 0) is 57.0 Å². The van der Waals surface area contributed by atoms with Crippen LogP contribution in [0.5, 0.6) is 0 Å². The van der Waals surface area contributed by atoms with Crippen LogP contribution in [0.4, 0.5) is 4.79 Å². The van der Waals surface area contributed by atoms with Gasteiger partial charge in [0.1, 0.15) is 22.7 Å². The Kier molecular flexibility index (Phi) is 10.0. The van der Waals surface area contributed by atoms with Gasteiger partial charge in [0.15, 0.2) is 0 Å². The molecule has 0 saturated carbocycles. The molecule has 5 nitrogen and oxygen atoms in total. The first-order valence-electron chi connectivity index (χ1n) is 10.4. The maximum Gasteiger partial charge on any atom is 0.410 e. The predicted octanol–water partition coefficient (Wildman–Crippen LogP) is 6.46. The van der Waals surface area contributed by atoms with Crippen molar-refractivity contribution in [3.63, 3.8) is 0 Å². The third-order valence-electron chi connectivity index (χ3n) is 4.70. The number of allylic oxidation sites excluding steroid dienone is 1. The lowest BCUT2D eigenvalue weighted by Crippen LogP contribution is -2.39. The monoisotopic (exact) mass is 518 g/mol. The van der Waals surface area contributed by atoms with Crippen LogP contribution < -0.4 is 0 Å². The average Bonchev–Trinajstić information content (AvgIpc) is 2.76. The summed E-state index contributed by atoms with van der Waals surface area (Å²) in [7, 11) is 0. The largest absolute Gasteiger partial charge is 0.591 e. The maximum absolute atomic E-state index is 13.0. The zero-order valence-electron chi connectivity index (χ0n) is 19.1. The van der Waals surface area contributed by atoms with E-state index >= 15 is 0 Å². The molecule has 0 saturated heterocycles. The molecule has 0 aliphatic heterocycles. The number of hydrogen-bond acceptors (Lipinski definition) is 4. The van der Waals surface area contributed by atoms with Gasteiger partial charge in [0.25, 0.3) is 0 Å². The lowest BCUT2D eigenvalue weighted by atomic mass is 10.1. The number of hydrogen-bond donors (Lipinski definition) is 0. The molecule has 172 valence electrons. The van der Waals surface area contributed by atoms with E-state index < -0.39 is 22.2 Å². The van der Waals surface area contributed by atoms with Gasteiger partial charge in [-0.2, -0.15) is 0 Å². The van der Waals surface area contributed by atoms with Crippen LogP contribution in [0, 0.1) is 0 Å². The first-order valence-corrected chi connectivity index (χ1v) is 12.3. The Hall–Kier alpha value is -2.09. The van der Waals surface area contributed by atoms with Crippen molar-refractivity contribution in [3.8, 4) is 0 Å². The highest BCUT2D eigenvalue weighted by molar-refractivity contribution is 9.10. The minimum atomic E-state index is -1.40. The van der Waals surface area contributed by atoms with Crippen LogP contribution in [0.2, 0.25) is 0 Å². The summed E-state index contributed by atoms with van der Waals surface area (Å²) >= 11 is 2.04. The van der Waals surface area contributed by atoms with E-state index in [4.69, 9.17) is 4.74 Å². The van der Waals surface area contributed by atoms with E-state index in [-0.39, 0.29) is 12.6 Å². The molecule has 0 fully saturated rings. The number of nitrogens with zero attached hydrogens (tertiary/aromatic N) is 2. The molecule has 1 amide bonds. The molecule has 0 N–H and O–H groups in total. The van der Waals surface area contributed by atoms with Gasteiger partial charge >= 0.3 is 6.09 Å². The number of benzene rings is 2. The van der Waals surface area contributed by atoms with Crippen LogP contribution in [-0.4, -0.2) is 32.0 Å². The molecule has 0 aromatic heterocycles. The molecule has 2 aromatic rings. The molecule has 0 heterocycles. The molecule has 0 aliphatic carbocycles. The van der Waals surface area contributed by atoms with Crippen LogP contribution in [0.3, 0.4) is 0 Å². The number of rotatable bonds is 9. The second-order valence-electron chi connectivity index (χ2n) is 8.50. The minimum absolute atomic E-state index is 0.194. The maximum atomic E-state index is 13.0. The van der Waals surface area contributed by atoms with Crippen molar-refractivity contribution in [1.29, 1.82) is 0 Å². The molecule has 0 spiro atoms. The fourth-order valence-electron chi connectivity index (χ4n) is 2.80. The SMILES string of the molecule is C=C/C(CC(C)N(Cc1ccc(Br)cc1)C(=O)OCc1ccccc1)=N/[S+]([O-])C(C)(C)C. The van der Waals surface area contributed by atoms with Crippen molar-refractivity contribution in [1.82, 2.24) is 4.90 Å². The molecule has 2 aromatic carbocycles. The molecule has 2 rings (SSSR count). The van der Waals surface area contributed by atoms with Crippen LogP contribution in [0.15, 0.2) is 76.1 Å². The van der Waals surface area contributed by atoms with Gasteiger partial charge in [-0.15, -0.1) is 0 Å². The van der Waals surface area contributed by atoms with Gasteiger partial charge in [-0.25, -0.2) is 4.79 Å². The Morgan fingerprint density at radius 1 is 1.19 bits per heavy atom. The fraction of sp³-hybridized carbons (Fsp3) is 0.360. The highest BCUT2D eigenvalue weighted by Gasteiger charge is 2.28. The molecule has 0 aliphatic rings. The first kappa shape index (κ1) is 26.2. The van der Waals surface area contributed by atoms with Crippen molar-refractivity contribution < 1.29 is 14.1 Å². The summed E-state index contributed by atoms with van der Waals surface area (Å²) in [5.74, 6) is 0. The van der Waals surface area contributed by atoms with Crippen LogP contribution >= 0.6 is 15.9 Å². The third kappa shape index (κ3) is 8.45. The van der Waals surface area contributed by atoms with Gasteiger partial charge in [0.05, 0.1) is 5.71 Å². The Morgan fingerprint density at radius 2 is 1.81 bits per heavy atom. The zero-order valence-corrected chi connectivity index (χ0v) is 21.5. The van der Waals surface area contributed by atoms with E-state index in [1.54, 1.807) is 11.0 Å². The quantitative estimate of drug-likeness (QED) is 0.282. The van der Waals surface area contributed by atoms with E-state index in [2.05, 4.69) is 26.9 Å². The summed E-state index contributed by atoms with van der Waals surface area (Å²) in [5, 5.41) is 0.